The van der Waals surface area contributed by atoms with E-state index in [1.54, 1.807) is 11.3 Å². The second kappa shape index (κ2) is 7.22. The number of rotatable bonds is 6. The number of fused-ring (bicyclic) bond motifs is 2. The molecule has 148 valence electrons. The molecule has 0 bridgehead atoms. The van der Waals surface area contributed by atoms with Gasteiger partial charge < -0.3 is 5.11 Å². The van der Waals surface area contributed by atoms with Crippen LogP contribution in [0.25, 0.3) is 5.52 Å². The van der Waals surface area contributed by atoms with Gasteiger partial charge in [-0.25, -0.2) is 9.50 Å². The van der Waals surface area contributed by atoms with Gasteiger partial charge in [-0.3, -0.25) is 9.80 Å². The molecular formula is C21H27N5OS. The molecule has 0 spiro atoms. The zero-order valence-electron chi connectivity index (χ0n) is 16.3. The number of aliphatic hydroxyl groups excluding tert-OH is 1. The van der Waals surface area contributed by atoms with Gasteiger partial charge in [0.2, 0.25) is 0 Å². The fourth-order valence-corrected chi connectivity index (χ4v) is 5.74. The van der Waals surface area contributed by atoms with E-state index in [1.165, 1.54) is 16.3 Å². The fourth-order valence-electron chi connectivity index (χ4n) is 5.00. The monoisotopic (exact) mass is 397 g/mol. The second-order valence-corrected chi connectivity index (χ2v) is 9.32. The first-order chi connectivity index (χ1) is 13.7. The van der Waals surface area contributed by atoms with Gasteiger partial charge in [0, 0.05) is 62.5 Å². The van der Waals surface area contributed by atoms with Crippen molar-refractivity contribution in [1.29, 1.82) is 0 Å². The quantitative estimate of drug-likeness (QED) is 0.692. The summed E-state index contributed by atoms with van der Waals surface area (Å²) in [6.45, 7) is 8.30. The molecule has 2 saturated heterocycles. The Hall–Kier alpha value is -1.80. The Bertz CT molecular complexity index is 969. The molecule has 0 radical (unpaired) electrons. The Balaban J connectivity index is 1.24. The van der Waals surface area contributed by atoms with Gasteiger partial charge in [0.05, 0.1) is 22.8 Å². The highest BCUT2D eigenvalue weighted by atomic mass is 32.1. The number of pyridine rings is 1. The maximum absolute atomic E-state index is 10.3. The minimum atomic E-state index is 0.00429. The molecule has 2 fully saturated rings. The first kappa shape index (κ1) is 18.2. The van der Waals surface area contributed by atoms with Crippen molar-refractivity contribution >= 4 is 16.9 Å². The zero-order valence-corrected chi connectivity index (χ0v) is 17.1. The maximum atomic E-state index is 10.3. The van der Waals surface area contributed by atoms with Gasteiger partial charge in [-0.05, 0) is 36.1 Å². The highest BCUT2D eigenvalue weighted by Crippen LogP contribution is 2.43. The van der Waals surface area contributed by atoms with Gasteiger partial charge in [-0.2, -0.15) is 5.10 Å². The number of hydrogen-bond donors (Lipinski definition) is 1. The van der Waals surface area contributed by atoms with Crippen molar-refractivity contribution in [2.24, 2.45) is 11.3 Å². The normalized spacial score (nSPS) is 25.7. The van der Waals surface area contributed by atoms with Crippen LogP contribution in [0, 0.1) is 11.3 Å². The van der Waals surface area contributed by atoms with E-state index in [-0.39, 0.29) is 12.0 Å². The summed E-state index contributed by atoms with van der Waals surface area (Å²) in [5.74, 6) is 0.528. The summed E-state index contributed by atoms with van der Waals surface area (Å²) < 4.78 is 1.90. The number of hydrogen-bond acceptors (Lipinski definition) is 6. The van der Waals surface area contributed by atoms with Gasteiger partial charge in [0.15, 0.2) is 0 Å². The molecule has 0 amide bonds. The largest absolute Gasteiger partial charge is 0.396 e. The van der Waals surface area contributed by atoms with Gasteiger partial charge in [-0.15, -0.1) is 11.3 Å². The minimum absolute atomic E-state index is 0.00429. The highest BCUT2D eigenvalue weighted by molar-refractivity contribution is 7.09. The van der Waals surface area contributed by atoms with Crippen molar-refractivity contribution in [3.63, 3.8) is 0 Å². The standard InChI is InChI=1S/C21H27N5OS/c1-2-20-23-18(12-28-20)11-25-10-17-9-24(13-21(17,14-25)15-27)8-16-4-6-26-19(7-16)3-5-22-26/h3-7,12,17,27H,2,8-11,13-15H2,1H3. The molecule has 5 rings (SSSR count). The predicted octanol–water partition coefficient (Wildman–Crippen LogP) is 2.28. The molecule has 2 unspecified atom stereocenters. The van der Waals surface area contributed by atoms with Crippen LogP contribution < -0.4 is 0 Å². The van der Waals surface area contributed by atoms with Gasteiger partial charge in [0.25, 0.3) is 0 Å². The topological polar surface area (TPSA) is 56.9 Å². The van der Waals surface area contributed by atoms with Gasteiger partial charge >= 0.3 is 0 Å². The summed E-state index contributed by atoms with van der Waals surface area (Å²) in [5.41, 5.74) is 3.63. The minimum Gasteiger partial charge on any atom is -0.396 e. The fraction of sp³-hybridized carbons (Fsp3) is 0.524. The van der Waals surface area contributed by atoms with Crippen LogP contribution in [-0.4, -0.2) is 62.3 Å². The summed E-state index contributed by atoms with van der Waals surface area (Å²) in [6.07, 6.45) is 4.87. The van der Waals surface area contributed by atoms with Crippen molar-refractivity contribution < 1.29 is 5.11 Å². The SMILES string of the molecule is CCc1nc(CN2CC3CN(Cc4ccn5nccc5c4)CC3(CO)C2)cs1. The van der Waals surface area contributed by atoms with Crippen molar-refractivity contribution in [3.8, 4) is 0 Å². The van der Waals surface area contributed by atoms with E-state index in [0.717, 1.165) is 51.2 Å². The molecule has 0 aliphatic carbocycles. The van der Waals surface area contributed by atoms with Gasteiger partial charge in [0.1, 0.15) is 0 Å². The Morgan fingerprint density at radius 2 is 2.04 bits per heavy atom. The number of nitrogens with zero attached hydrogens (tertiary/aromatic N) is 5. The summed E-state index contributed by atoms with van der Waals surface area (Å²) in [6, 6.07) is 6.41. The van der Waals surface area contributed by atoms with E-state index in [0.29, 0.717) is 5.92 Å². The molecule has 2 aliphatic rings. The maximum Gasteiger partial charge on any atom is 0.0926 e. The van der Waals surface area contributed by atoms with Crippen LogP contribution in [0.5, 0.6) is 0 Å². The lowest BCUT2D eigenvalue weighted by atomic mass is 9.82. The van der Waals surface area contributed by atoms with Crippen LogP contribution in [0.15, 0.2) is 36.0 Å². The predicted molar refractivity (Wildman–Crippen MR) is 110 cm³/mol. The lowest BCUT2D eigenvalue weighted by Gasteiger charge is -2.27. The van der Waals surface area contributed by atoms with Gasteiger partial charge in [-0.1, -0.05) is 6.92 Å². The molecule has 0 saturated carbocycles. The van der Waals surface area contributed by atoms with Crippen molar-refractivity contribution in [2.45, 2.75) is 26.4 Å². The molecule has 3 aromatic rings. The number of likely N-dealkylation sites (tertiary alicyclic amines) is 2. The van der Waals surface area contributed by atoms with Crippen LogP contribution in [0.2, 0.25) is 0 Å². The number of aliphatic hydroxyl groups is 1. The lowest BCUT2D eigenvalue weighted by molar-refractivity contribution is 0.110. The van der Waals surface area contributed by atoms with Crippen LogP contribution in [-0.2, 0) is 19.5 Å². The third kappa shape index (κ3) is 3.26. The molecule has 3 aromatic heterocycles. The number of aryl methyl sites for hydroxylation is 1. The van der Waals surface area contributed by atoms with Crippen LogP contribution in [0.4, 0.5) is 0 Å². The van der Waals surface area contributed by atoms with Crippen LogP contribution >= 0.6 is 11.3 Å². The molecule has 0 aromatic carbocycles. The molecular weight excluding hydrogens is 370 g/mol. The smallest absolute Gasteiger partial charge is 0.0926 e. The van der Waals surface area contributed by atoms with Crippen molar-refractivity contribution in [1.82, 2.24) is 24.4 Å². The first-order valence-corrected chi connectivity index (χ1v) is 11.0. The third-order valence-corrected chi connectivity index (χ3v) is 7.41. The van der Waals surface area contributed by atoms with Crippen LogP contribution in [0.1, 0.15) is 23.2 Å². The average Bonchev–Trinajstić information content (AvgIpc) is 3.44. The van der Waals surface area contributed by atoms with E-state index >= 15 is 0 Å². The van der Waals surface area contributed by atoms with E-state index in [4.69, 9.17) is 4.98 Å². The summed E-state index contributed by atoms with van der Waals surface area (Å²) >= 11 is 1.76. The Labute approximate surface area is 169 Å². The first-order valence-electron chi connectivity index (χ1n) is 10.1. The summed E-state index contributed by atoms with van der Waals surface area (Å²) in [5, 5.41) is 18.0. The molecule has 6 nitrogen and oxygen atoms in total. The number of aromatic nitrogens is 3. The second-order valence-electron chi connectivity index (χ2n) is 8.38. The van der Waals surface area contributed by atoms with E-state index in [9.17, 15) is 5.11 Å². The highest BCUT2D eigenvalue weighted by Gasteiger charge is 2.51. The number of thiazole rings is 1. The van der Waals surface area contributed by atoms with Crippen molar-refractivity contribution in [3.05, 3.63) is 52.2 Å². The van der Waals surface area contributed by atoms with Crippen LogP contribution in [0.3, 0.4) is 0 Å². The average molecular weight is 398 g/mol. The molecule has 7 heteroatoms. The summed E-state index contributed by atoms with van der Waals surface area (Å²) in [7, 11) is 0. The molecule has 5 heterocycles. The van der Waals surface area contributed by atoms with E-state index in [1.807, 2.05) is 23.0 Å². The molecule has 1 N–H and O–H groups in total. The molecule has 2 atom stereocenters. The third-order valence-electron chi connectivity index (χ3n) is 6.37. The Morgan fingerprint density at radius 3 is 2.75 bits per heavy atom. The molecule has 2 aliphatic heterocycles. The molecule has 28 heavy (non-hydrogen) atoms. The van der Waals surface area contributed by atoms with Crippen molar-refractivity contribution in [2.75, 3.05) is 32.8 Å². The summed E-state index contributed by atoms with van der Waals surface area (Å²) in [4.78, 5) is 9.73. The zero-order chi connectivity index (χ0) is 19.1. The Morgan fingerprint density at radius 1 is 1.21 bits per heavy atom. The Kier molecular flexibility index (Phi) is 4.71. The van der Waals surface area contributed by atoms with E-state index < -0.39 is 0 Å². The lowest BCUT2D eigenvalue weighted by Crippen LogP contribution is -2.36. The van der Waals surface area contributed by atoms with E-state index in [2.05, 4.69) is 39.3 Å².